The van der Waals surface area contributed by atoms with Gasteiger partial charge in [-0.1, -0.05) is 383 Å². The molecule has 8 aromatic heterocycles. The lowest BCUT2D eigenvalue weighted by Gasteiger charge is -2.16. The summed E-state index contributed by atoms with van der Waals surface area (Å²) in [5.41, 5.74) is 29.6. The summed E-state index contributed by atoms with van der Waals surface area (Å²) in [4.78, 5) is 40.8. The van der Waals surface area contributed by atoms with Gasteiger partial charge in [0.2, 0.25) is 0 Å². The quantitative estimate of drug-likeness (QED) is 0.105. The van der Waals surface area contributed by atoms with Crippen molar-refractivity contribution in [3.8, 4) is 129 Å². The molecule has 0 spiro atoms. The molecule has 10 heteroatoms. The summed E-state index contributed by atoms with van der Waals surface area (Å²) in [6.45, 7) is 2.16. The second kappa shape index (κ2) is 33.2. The third-order valence-electron chi connectivity index (χ3n) is 23.8. The lowest BCUT2D eigenvalue weighted by atomic mass is 9.91. The zero-order valence-corrected chi connectivity index (χ0v) is 69.5. The maximum Gasteiger partial charge on any atom is 0.160 e. The molecular weight excluding hydrogens is 1550 g/mol. The van der Waals surface area contributed by atoms with Crippen LogP contribution in [-0.4, -0.2) is 44.4 Å². The van der Waals surface area contributed by atoms with Crippen molar-refractivity contribution in [1.29, 1.82) is 0 Å². The number of imidazole rings is 1. The number of hydrogen-bond acceptors (Lipinski definition) is 9. The van der Waals surface area contributed by atoms with Crippen LogP contribution >= 0.6 is 11.3 Å². The highest BCUT2D eigenvalue weighted by Gasteiger charge is 2.25. The highest BCUT2D eigenvalue weighted by molar-refractivity contribution is 7.26. The average Bonchev–Trinajstić information content (AvgIpc) is 1.19. The van der Waals surface area contributed by atoms with Gasteiger partial charge in [-0.25, -0.2) is 29.9 Å². The number of aryl methyl sites for hydroxylation is 1. The van der Waals surface area contributed by atoms with E-state index in [1.165, 1.54) is 54.2 Å². The Morgan fingerprint density at radius 2 is 0.627 bits per heavy atom. The molecule has 0 radical (unpaired) electrons. The van der Waals surface area contributed by atoms with Crippen molar-refractivity contribution >= 4 is 108 Å². The molecule has 0 unspecified atom stereocenters. The topological polar surface area (TPSA) is 108 Å². The van der Waals surface area contributed by atoms with Crippen molar-refractivity contribution in [2.45, 2.75) is 13.3 Å². The normalized spacial score (nSPS) is 11.4. The lowest BCUT2D eigenvalue weighted by molar-refractivity contribution is 0.908. The van der Waals surface area contributed by atoms with E-state index in [4.69, 9.17) is 34.9 Å². The molecule has 0 bridgehead atoms. The summed E-state index contributed by atoms with van der Waals surface area (Å²) in [6, 6.07) is 149. The van der Waals surface area contributed by atoms with Gasteiger partial charge in [0.15, 0.2) is 5.82 Å². The van der Waals surface area contributed by atoms with Gasteiger partial charge in [-0.05, 0) is 87.5 Å². The van der Waals surface area contributed by atoms with Gasteiger partial charge in [-0.2, -0.15) is 0 Å². The molecule has 0 aliphatic heterocycles. The molecule has 0 N–H and O–H groups in total. The molecule has 0 saturated heterocycles. The van der Waals surface area contributed by atoms with Crippen LogP contribution in [0, 0.1) is 0 Å². The van der Waals surface area contributed by atoms with Crippen molar-refractivity contribution in [2.75, 3.05) is 0 Å². The van der Waals surface area contributed by atoms with Crippen molar-refractivity contribution in [1.82, 2.24) is 44.4 Å². The van der Waals surface area contributed by atoms with Crippen LogP contribution in [-0.2, 0) is 6.42 Å². The third-order valence-corrected chi connectivity index (χ3v) is 25.0. The summed E-state index contributed by atoms with van der Waals surface area (Å²) >= 11 is 1.75. The number of hydrogen-bond donors (Lipinski definition) is 0. The number of aromatic nitrogens is 9. The van der Waals surface area contributed by atoms with E-state index in [1.807, 2.05) is 60.8 Å². The predicted octanol–water partition coefficient (Wildman–Crippen LogP) is 30.4. The first-order valence-corrected chi connectivity index (χ1v) is 43.4. The van der Waals surface area contributed by atoms with Crippen LogP contribution in [0.5, 0.6) is 0 Å². The van der Waals surface area contributed by atoms with E-state index in [1.54, 1.807) is 17.5 Å². The van der Waals surface area contributed by atoms with Gasteiger partial charge in [0, 0.05) is 128 Å². The molecule has 9 nitrogen and oxygen atoms in total. The monoisotopic (exact) mass is 1630 g/mol. The van der Waals surface area contributed by atoms with E-state index >= 15 is 0 Å². The number of pyridine rings is 5. The number of rotatable bonds is 13. The first kappa shape index (κ1) is 75.8. The Hall–Kier alpha value is -16.4. The minimum Gasteiger partial charge on any atom is -0.296 e. The Labute approximate surface area is 732 Å². The van der Waals surface area contributed by atoms with E-state index < -0.39 is 0 Å². The first-order valence-electron chi connectivity index (χ1n) is 42.6. The van der Waals surface area contributed by atoms with Crippen molar-refractivity contribution in [3.63, 3.8) is 0 Å². The van der Waals surface area contributed by atoms with Gasteiger partial charge >= 0.3 is 0 Å². The van der Waals surface area contributed by atoms with Crippen LogP contribution < -0.4 is 0 Å². The Morgan fingerprint density at radius 3 is 1.10 bits per heavy atom. The average molecular weight is 1630 g/mol. The molecule has 8 heterocycles. The van der Waals surface area contributed by atoms with Crippen LogP contribution in [0.4, 0.5) is 0 Å². The first-order chi connectivity index (χ1) is 62.5. The summed E-state index contributed by atoms with van der Waals surface area (Å²) in [6.07, 6.45) is 4.58. The zero-order valence-electron chi connectivity index (χ0n) is 68.7. The molecule has 0 aliphatic rings. The Balaban J connectivity index is 0.000000112. The van der Waals surface area contributed by atoms with E-state index in [2.05, 4.69) is 387 Å². The lowest BCUT2D eigenvalue weighted by Crippen LogP contribution is -2.00. The van der Waals surface area contributed by atoms with Crippen molar-refractivity contribution < 1.29 is 0 Å². The van der Waals surface area contributed by atoms with Crippen LogP contribution in [0.15, 0.2) is 437 Å². The molecule has 24 rings (SSSR count). The van der Waals surface area contributed by atoms with Gasteiger partial charge in [0.25, 0.3) is 0 Å². The fourth-order valence-corrected chi connectivity index (χ4v) is 19.2. The molecule has 0 amide bonds. The number of fused-ring (bicyclic) bond motifs is 13. The van der Waals surface area contributed by atoms with Gasteiger partial charge in [0.1, 0.15) is 5.82 Å². The summed E-state index contributed by atoms with van der Waals surface area (Å²) in [5, 5.41) is 11.6. The second-order valence-corrected chi connectivity index (χ2v) is 32.4. The standard InChI is InChI=1S/C41H25N3S.C40H29N3.C35H23N3/c1-4-14-26(15-5-1)29-21-12-22-31-35(29)32-23-13-24-33(37(32)42-36(31)27-16-6-2-7-17-27)39-40-38(30-20-10-11-25-34(30)45-40)43-41(44-39)28-18-8-3-9-19-28;1-2-37-41-35-21-9-10-22-36(35)43(37)30-25-23-28(24-26-30)32-18-12-20-34-38-31(27-13-5-3-6-14-27)17-11-19-33(38)39(42-40(32)34)29-15-7-4-8-16-29;1-3-11-24(12-4-1)27-15-9-17-29-33(27)30-18-10-16-28(35(30)38-34(29)25-13-5-2-6-14-25)26-20-21-32(37-23-26)31-19-7-8-22-36-31/h1-25H;3-26H,2H2,1H3;1-23H. The molecule has 0 saturated carbocycles. The van der Waals surface area contributed by atoms with Crippen LogP contribution in [0.25, 0.3) is 225 Å². The Bertz CT molecular complexity index is 8180. The number of nitrogens with zero attached hydrogens (tertiary/aromatic N) is 9. The van der Waals surface area contributed by atoms with Crippen LogP contribution in [0.3, 0.4) is 0 Å². The zero-order chi connectivity index (χ0) is 83.8. The summed E-state index contributed by atoms with van der Waals surface area (Å²) in [5.74, 6) is 1.78. The van der Waals surface area contributed by atoms with Gasteiger partial charge in [0.05, 0.1) is 72.0 Å². The molecule has 16 aromatic carbocycles. The van der Waals surface area contributed by atoms with E-state index in [-0.39, 0.29) is 0 Å². The number of thiophene rings is 1. The maximum absolute atomic E-state index is 5.49. The summed E-state index contributed by atoms with van der Waals surface area (Å²) < 4.78 is 4.54. The molecule has 0 aliphatic carbocycles. The van der Waals surface area contributed by atoms with Crippen LogP contribution in [0.2, 0.25) is 0 Å². The second-order valence-electron chi connectivity index (χ2n) is 31.3. The highest BCUT2D eigenvalue weighted by atomic mass is 32.1. The predicted molar refractivity (Wildman–Crippen MR) is 526 cm³/mol. The van der Waals surface area contributed by atoms with E-state index in [9.17, 15) is 0 Å². The van der Waals surface area contributed by atoms with Crippen molar-refractivity contribution in [3.05, 3.63) is 443 Å². The Kier molecular flexibility index (Phi) is 20.0. The number of para-hydroxylation sites is 5. The van der Waals surface area contributed by atoms with E-state index in [0.717, 1.165) is 178 Å². The molecular formula is C116H77N9S. The highest BCUT2D eigenvalue weighted by Crippen LogP contribution is 2.48. The van der Waals surface area contributed by atoms with Crippen LogP contribution in [0.1, 0.15) is 12.7 Å². The largest absolute Gasteiger partial charge is 0.296 e. The van der Waals surface area contributed by atoms with Gasteiger partial charge < -0.3 is 0 Å². The molecule has 24 aromatic rings. The number of benzene rings is 16. The minimum atomic E-state index is 0.715. The summed E-state index contributed by atoms with van der Waals surface area (Å²) in [7, 11) is 0. The van der Waals surface area contributed by atoms with Crippen molar-refractivity contribution in [2.24, 2.45) is 0 Å². The Morgan fingerprint density at radius 1 is 0.246 bits per heavy atom. The fourth-order valence-electron chi connectivity index (χ4n) is 18.0. The molecule has 592 valence electrons. The molecule has 0 atom stereocenters. The third kappa shape index (κ3) is 14.0. The maximum atomic E-state index is 5.49. The fraction of sp³-hybridized carbons (Fsp3) is 0.0172. The van der Waals surface area contributed by atoms with Gasteiger partial charge in [-0.15, -0.1) is 11.3 Å². The molecule has 126 heavy (non-hydrogen) atoms. The SMILES string of the molecule is CCc1nc2ccccc2n1-c1ccc(-c2cccc3c2nc(-c2ccccc2)c2cccc(-c4ccccc4)c23)cc1.c1ccc(-c2nc(-c3cccc4c3nc(-c3ccccc3)c3cccc(-c5ccccc5)c34)c3sc4ccccc4c3n2)cc1.c1ccc(-c2nc3c(-c4ccc(-c5ccccn5)nc4)cccc3c3c(-c4ccccc4)cccc23)cc1. The smallest absolute Gasteiger partial charge is 0.160 e. The van der Waals surface area contributed by atoms with Gasteiger partial charge in [-0.3, -0.25) is 14.5 Å². The van der Waals surface area contributed by atoms with E-state index in [0.29, 0.717) is 5.82 Å². The molecule has 0 fully saturated rings. The minimum absolute atomic E-state index is 0.715.